The lowest BCUT2D eigenvalue weighted by Crippen LogP contribution is -2.46. The summed E-state index contributed by atoms with van der Waals surface area (Å²) in [5.74, 6) is -0.787. The summed E-state index contributed by atoms with van der Waals surface area (Å²) in [5, 5.41) is 24.8. The molecule has 9 heteroatoms. The van der Waals surface area contributed by atoms with Gasteiger partial charge in [0.2, 0.25) is 5.91 Å². The number of nitrogens with zero attached hydrogens (tertiary/aromatic N) is 2. The summed E-state index contributed by atoms with van der Waals surface area (Å²) in [6.07, 6.45) is 4.11. The summed E-state index contributed by atoms with van der Waals surface area (Å²) in [7, 11) is 1.57. The standard InChI is InChI=1S/C39H39N3O6/c1-26(8-7-13-36(44)41-24-30-10-4-3-9-29(30)22-32(41)25-43)39(47)34-11-5-6-12-35(34)42(38(39)46)23-27-14-18-31(19-15-27)40-37(45)28-16-20-33(48-2)21-17-28/h3-12,14-21,26,32,43,47H,13,22-25H2,1-2H3,(H,40,45)/b8-7+/t26-,32+,39+/m1/s1. The van der Waals surface area contributed by atoms with Crippen LogP contribution in [0.4, 0.5) is 11.4 Å². The van der Waals surface area contributed by atoms with E-state index in [1.165, 1.54) is 0 Å². The van der Waals surface area contributed by atoms with Crippen LogP contribution in [0.5, 0.6) is 5.75 Å². The average Bonchev–Trinajstić information content (AvgIpc) is 3.34. The zero-order chi connectivity index (χ0) is 33.8. The van der Waals surface area contributed by atoms with Gasteiger partial charge in [-0.2, -0.15) is 0 Å². The fourth-order valence-electron chi connectivity index (χ4n) is 6.55. The van der Waals surface area contributed by atoms with Crippen molar-refractivity contribution in [1.82, 2.24) is 4.90 Å². The molecule has 0 saturated carbocycles. The number of aliphatic hydroxyl groups is 2. The van der Waals surface area contributed by atoms with Crippen LogP contribution in [-0.4, -0.2) is 52.6 Å². The van der Waals surface area contributed by atoms with Gasteiger partial charge in [-0.1, -0.05) is 73.7 Å². The number of para-hydroxylation sites is 1. The lowest BCUT2D eigenvalue weighted by Gasteiger charge is -2.36. The van der Waals surface area contributed by atoms with E-state index in [1.807, 2.05) is 48.5 Å². The molecule has 3 amide bonds. The predicted molar refractivity (Wildman–Crippen MR) is 183 cm³/mol. The summed E-state index contributed by atoms with van der Waals surface area (Å²) in [4.78, 5) is 43.2. The maximum absolute atomic E-state index is 14.0. The molecule has 0 aliphatic carbocycles. The first kappa shape index (κ1) is 32.7. The topological polar surface area (TPSA) is 119 Å². The monoisotopic (exact) mass is 645 g/mol. The smallest absolute Gasteiger partial charge is 0.264 e. The number of rotatable bonds is 10. The molecule has 0 bridgehead atoms. The Morgan fingerprint density at radius 1 is 0.979 bits per heavy atom. The van der Waals surface area contributed by atoms with Crippen LogP contribution in [0.3, 0.4) is 0 Å². The molecule has 0 saturated heterocycles. The van der Waals surface area contributed by atoms with Crippen molar-refractivity contribution in [3.8, 4) is 5.75 Å². The molecule has 3 atom stereocenters. The quantitative estimate of drug-likeness (QED) is 0.204. The van der Waals surface area contributed by atoms with Gasteiger partial charge in [0, 0.05) is 35.7 Å². The van der Waals surface area contributed by atoms with Crippen molar-refractivity contribution in [2.24, 2.45) is 5.92 Å². The van der Waals surface area contributed by atoms with Gasteiger partial charge in [-0.3, -0.25) is 14.4 Å². The van der Waals surface area contributed by atoms with Crippen molar-refractivity contribution in [3.63, 3.8) is 0 Å². The Balaban J connectivity index is 1.12. The highest BCUT2D eigenvalue weighted by atomic mass is 16.5. The van der Waals surface area contributed by atoms with Crippen molar-refractivity contribution in [2.75, 3.05) is 23.9 Å². The normalized spacial score (nSPS) is 19.2. The Hall–Kier alpha value is -5.25. The number of benzene rings is 4. The Morgan fingerprint density at radius 2 is 1.67 bits per heavy atom. The van der Waals surface area contributed by atoms with Crippen molar-refractivity contribution in [2.45, 2.75) is 44.5 Å². The molecule has 4 aromatic carbocycles. The number of ether oxygens (including phenoxy) is 1. The number of anilines is 2. The molecule has 9 nitrogen and oxygen atoms in total. The second kappa shape index (κ2) is 13.9. The van der Waals surface area contributed by atoms with Gasteiger partial charge >= 0.3 is 0 Å². The van der Waals surface area contributed by atoms with Crippen LogP contribution in [0, 0.1) is 5.92 Å². The summed E-state index contributed by atoms with van der Waals surface area (Å²) >= 11 is 0. The van der Waals surface area contributed by atoms with Gasteiger partial charge < -0.3 is 30.1 Å². The maximum Gasteiger partial charge on any atom is 0.264 e. The van der Waals surface area contributed by atoms with E-state index in [-0.39, 0.29) is 37.4 Å². The second-order valence-corrected chi connectivity index (χ2v) is 12.3. The second-order valence-electron chi connectivity index (χ2n) is 12.3. The number of methoxy groups -OCH3 is 1. The van der Waals surface area contributed by atoms with Gasteiger partial charge in [-0.15, -0.1) is 0 Å². The van der Waals surface area contributed by atoms with Crippen molar-refractivity contribution < 1.29 is 29.3 Å². The van der Waals surface area contributed by atoms with Crippen LogP contribution < -0.4 is 15.0 Å². The molecule has 6 rings (SSSR count). The summed E-state index contributed by atoms with van der Waals surface area (Å²) < 4.78 is 5.15. The summed E-state index contributed by atoms with van der Waals surface area (Å²) in [5.41, 5.74) is 3.45. The summed E-state index contributed by atoms with van der Waals surface area (Å²) in [6.45, 7) is 2.30. The molecular weight excluding hydrogens is 606 g/mol. The minimum atomic E-state index is -1.82. The molecule has 4 aromatic rings. The van der Waals surface area contributed by atoms with E-state index in [4.69, 9.17) is 4.74 Å². The third-order valence-corrected chi connectivity index (χ3v) is 9.34. The van der Waals surface area contributed by atoms with Crippen LogP contribution in [-0.2, 0) is 34.7 Å². The molecule has 2 heterocycles. The zero-order valence-electron chi connectivity index (χ0n) is 27.0. The van der Waals surface area contributed by atoms with Crippen LogP contribution in [0.25, 0.3) is 0 Å². The first-order chi connectivity index (χ1) is 23.2. The number of hydrogen-bond donors (Lipinski definition) is 3. The number of nitrogens with one attached hydrogen (secondary N) is 1. The number of aliphatic hydroxyl groups excluding tert-OH is 1. The number of fused-ring (bicyclic) bond motifs is 2. The Labute approximate surface area is 280 Å². The minimum Gasteiger partial charge on any atom is -0.497 e. The molecule has 2 aliphatic heterocycles. The van der Waals surface area contributed by atoms with Crippen LogP contribution in [0.15, 0.2) is 109 Å². The van der Waals surface area contributed by atoms with Crippen molar-refractivity contribution in [1.29, 1.82) is 0 Å². The van der Waals surface area contributed by atoms with E-state index in [9.17, 15) is 24.6 Å². The van der Waals surface area contributed by atoms with Crippen molar-refractivity contribution in [3.05, 3.63) is 137 Å². The van der Waals surface area contributed by atoms with E-state index in [2.05, 4.69) is 5.32 Å². The number of hydrogen-bond acceptors (Lipinski definition) is 6. The van der Waals surface area contributed by atoms with Gasteiger partial charge in [-0.05, 0) is 65.6 Å². The molecule has 0 unspecified atom stereocenters. The Bertz CT molecular complexity index is 1840. The molecule has 0 fully saturated rings. The van der Waals surface area contributed by atoms with Crippen LogP contribution in [0.1, 0.15) is 46.0 Å². The first-order valence-electron chi connectivity index (χ1n) is 16.0. The molecule has 0 radical (unpaired) electrons. The fraction of sp³-hybridized carbons (Fsp3) is 0.256. The highest BCUT2D eigenvalue weighted by Gasteiger charge is 2.52. The molecule has 0 spiro atoms. The Morgan fingerprint density at radius 3 is 2.38 bits per heavy atom. The molecule has 2 aliphatic rings. The molecule has 3 N–H and O–H groups in total. The van der Waals surface area contributed by atoms with Crippen LogP contribution in [0.2, 0.25) is 0 Å². The van der Waals surface area contributed by atoms with E-state index in [1.54, 1.807) is 84.5 Å². The Kier molecular flexibility index (Phi) is 9.43. The van der Waals surface area contributed by atoms with E-state index < -0.39 is 17.4 Å². The maximum atomic E-state index is 14.0. The minimum absolute atomic E-state index is 0.0833. The highest BCUT2D eigenvalue weighted by Crippen LogP contribution is 2.45. The van der Waals surface area contributed by atoms with Gasteiger partial charge in [0.25, 0.3) is 11.8 Å². The van der Waals surface area contributed by atoms with E-state index >= 15 is 0 Å². The van der Waals surface area contributed by atoms with Gasteiger partial charge in [-0.25, -0.2) is 0 Å². The van der Waals surface area contributed by atoms with Gasteiger partial charge in [0.05, 0.1) is 32.0 Å². The molecule has 0 aromatic heterocycles. The largest absolute Gasteiger partial charge is 0.497 e. The van der Waals surface area contributed by atoms with Gasteiger partial charge in [0.1, 0.15) is 5.75 Å². The molecule has 246 valence electrons. The first-order valence-corrected chi connectivity index (χ1v) is 16.0. The average molecular weight is 646 g/mol. The number of carbonyl (C=O) groups excluding carboxylic acids is 3. The van der Waals surface area contributed by atoms with Gasteiger partial charge in [0.15, 0.2) is 5.60 Å². The SMILES string of the molecule is COc1ccc(C(=O)Nc2ccc(CN3C(=O)[C@](O)([C@H](C)/C=C/CC(=O)N4Cc5ccccc5C[C@H]4CO)c4ccccc43)cc2)cc1. The molecule has 48 heavy (non-hydrogen) atoms. The number of amides is 3. The lowest BCUT2D eigenvalue weighted by atomic mass is 9.83. The third-order valence-electron chi connectivity index (χ3n) is 9.34. The van der Waals surface area contributed by atoms with Crippen molar-refractivity contribution >= 4 is 29.1 Å². The lowest BCUT2D eigenvalue weighted by molar-refractivity contribution is -0.139. The van der Waals surface area contributed by atoms with E-state index in [0.29, 0.717) is 41.2 Å². The van der Waals surface area contributed by atoms with E-state index in [0.717, 1.165) is 16.7 Å². The fourth-order valence-corrected chi connectivity index (χ4v) is 6.55. The predicted octanol–water partition coefficient (Wildman–Crippen LogP) is 5.21. The number of carbonyl (C=O) groups is 3. The molecular formula is C39H39N3O6. The highest BCUT2D eigenvalue weighted by molar-refractivity contribution is 6.07. The van der Waals surface area contributed by atoms with Crippen LogP contribution >= 0.6 is 0 Å². The zero-order valence-corrected chi connectivity index (χ0v) is 27.0. The summed E-state index contributed by atoms with van der Waals surface area (Å²) in [6, 6.07) is 28.9. The third kappa shape index (κ3) is 6.34.